The number of benzene rings is 2. The second-order valence-corrected chi connectivity index (χ2v) is 11.3. The lowest BCUT2D eigenvalue weighted by atomic mass is 10.1. The summed E-state index contributed by atoms with van der Waals surface area (Å²) in [7, 11) is 0. The van der Waals surface area contributed by atoms with Gasteiger partial charge in [-0.05, 0) is 44.5 Å². The topological polar surface area (TPSA) is 75.7 Å². The number of nitrogens with zero attached hydrogens (tertiary/aromatic N) is 6. The molecule has 0 radical (unpaired) electrons. The molecule has 0 N–H and O–H groups in total. The van der Waals surface area contributed by atoms with Crippen molar-refractivity contribution in [2.45, 2.75) is 33.7 Å². The van der Waals surface area contributed by atoms with Crippen molar-refractivity contribution in [3.8, 4) is 16.9 Å². The van der Waals surface area contributed by atoms with Crippen LogP contribution in [0.15, 0.2) is 70.8 Å². The van der Waals surface area contributed by atoms with Gasteiger partial charge in [0.2, 0.25) is 5.91 Å². The molecule has 0 saturated carbocycles. The van der Waals surface area contributed by atoms with Gasteiger partial charge >= 0.3 is 0 Å². The van der Waals surface area contributed by atoms with Crippen LogP contribution in [0.25, 0.3) is 21.9 Å². The molecule has 1 amide bonds. The number of carbonyl (C=O) groups is 1. The minimum Gasteiger partial charge on any atom is -0.340 e. The molecule has 1 aliphatic heterocycles. The van der Waals surface area contributed by atoms with Crippen LogP contribution in [0.4, 0.5) is 0 Å². The maximum Gasteiger partial charge on any atom is 0.268 e. The number of aromatic nitrogens is 4. The van der Waals surface area contributed by atoms with Crippen LogP contribution in [0.1, 0.15) is 28.2 Å². The van der Waals surface area contributed by atoms with Gasteiger partial charge in [0.25, 0.3) is 5.56 Å². The van der Waals surface area contributed by atoms with Crippen LogP contribution in [0.5, 0.6) is 0 Å². The van der Waals surface area contributed by atoms with Gasteiger partial charge in [0.05, 0.1) is 23.4 Å². The molecule has 2 aromatic carbocycles. The van der Waals surface area contributed by atoms with Crippen LogP contribution in [-0.4, -0.2) is 61.1 Å². The molecular formula is C31H32N6O2S. The first-order chi connectivity index (χ1) is 19.4. The highest BCUT2D eigenvalue weighted by molar-refractivity contribution is 7.15. The summed E-state index contributed by atoms with van der Waals surface area (Å²) in [5, 5.41) is 6.66. The molecule has 0 spiro atoms. The zero-order valence-corrected chi connectivity index (χ0v) is 23.8. The van der Waals surface area contributed by atoms with E-state index in [4.69, 9.17) is 10.1 Å². The van der Waals surface area contributed by atoms with Crippen molar-refractivity contribution in [3.63, 3.8) is 0 Å². The van der Waals surface area contributed by atoms with Crippen molar-refractivity contribution in [3.05, 3.63) is 105 Å². The summed E-state index contributed by atoms with van der Waals surface area (Å²) in [6, 6.07) is 20.5. The predicted molar refractivity (Wildman–Crippen MR) is 158 cm³/mol. The van der Waals surface area contributed by atoms with Crippen LogP contribution in [0.2, 0.25) is 0 Å². The Bertz CT molecular complexity index is 1730. The first-order valence-corrected chi connectivity index (χ1v) is 14.4. The van der Waals surface area contributed by atoms with Crippen molar-refractivity contribution in [1.82, 2.24) is 29.0 Å². The summed E-state index contributed by atoms with van der Waals surface area (Å²) in [6.45, 7) is 9.78. The molecule has 6 rings (SSSR count). The number of thiazole rings is 1. The van der Waals surface area contributed by atoms with Gasteiger partial charge in [0.15, 0.2) is 4.96 Å². The molecule has 0 aliphatic carbocycles. The lowest BCUT2D eigenvalue weighted by Gasteiger charge is -2.34. The summed E-state index contributed by atoms with van der Waals surface area (Å²) in [5.41, 5.74) is 6.48. The van der Waals surface area contributed by atoms with E-state index in [9.17, 15) is 9.59 Å². The van der Waals surface area contributed by atoms with Crippen molar-refractivity contribution in [2.24, 2.45) is 0 Å². The molecule has 8 nitrogen and oxygen atoms in total. The fourth-order valence-electron chi connectivity index (χ4n) is 5.33. The van der Waals surface area contributed by atoms with Crippen LogP contribution < -0.4 is 5.56 Å². The summed E-state index contributed by atoms with van der Waals surface area (Å²) in [5.74, 6) is 0.0348. The summed E-state index contributed by atoms with van der Waals surface area (Å²) in [4.78, 5) is 36.8. The molecule has 1 aliphatic rings. The Morgan fingerprint density at radius 1 is 0.950 bits per heavy atom. The molecule has 40 heavy (non-hydrogen) atoms. The molecule has 0 bridgehead atoms. The van der Waals surface area contributed by atoms with Gasteiger partial charge < -0.3 is 4.90 Å². The number of fused-ring (bicyclic) bond motifs is 1. The van der Waals surface area contributed by atoms with Gasteiger partial charge in [-0.15, -0.1) is 11.3 Å². The van der Waals surface area contributed by atoms with Gasteiger partial charge in [-0.2, -0.15) is 5.10 Å². The Balaban J connectivity index is 1.22. The van der Waals surface area contributed by atoms with Crippen LogP contribution in [-0.2, 0) is 17.8 Å². The van der Waals surface area contributed by atoms with Crippen molar-refractivity contribution < 1.29 is 4.79 Å². The fourth-order valence-corrected chi connectivity index (χ4v) is 6.26. The van der Waals surface area contributed by atoms with E-state index >= 15 is 0 Å². The van der Waals surface area contributed by atoms with Gasteiger partial charge in [0.1, 0.15) is 5.69 Å². The molecule has 3 aromatic heterocycles. The van der Waals surface area contributed by atoms with E-state index in [0.717, 1.165) is 31.0 Å². The van der Waals surface area contributed by atoms with E-state index < -0.39 is 0 Å². The van der Waals surface area contributed by atoms with E-state index in [0.29, 0.717) is 40.7 Å². The molecule has 1 saturated heterocycles. The number of hydrogen-bond donors (Lipinski definition) is 0. The molecule has 9 heteroatoms. The number of amides is 1. The molecule has 5 aromatic rings. The third kappa shape index (κ3) is 5.10. The van der Waals surface area contributed by atoms with E-state index in [1.165, 1.54) is 22.5 Å². The quantitative estimate of drug-likeness (QED) is 0.312. The molecule has 0 atom stereocenters. The Hall–Kier alpha value is -4.08. The maximum atomic E-state index is 13.9. The van der Waals surface area contributed by atoms with E-state index in [-0.39, 0.29) is 17.9 Å². The number of rotatable bonds is 6. The van der Waals surface area contributed by atoms with Gasteiger partial charge in [0, 0.05) is 49.5 Å². The number of carbonyl (C=O) groups excluding carboxylic acids is 1. The zero-order valence-electron chi connectivity index (χ0n) is 23.0. The average Bonchev–Trinajstić information content (AvgIpc) is 3.53. The third-order valence-corrected chi connectivity index (χ3v) is 8.42. The third-order valence-electron chi connectivity index (χ3n) is 7.55. The van der Waals surface area contributed by atoms with E-state index in [1.54, 1.807) is 4.40 Å². The first kappa shape index (κ1) is 26.2. The standard InChI is InChI=1S/C31H32N6O2S/c1-21-9-11-25(12-10-21)37-22(2)17-27(33-37)29-23(3)32-31-36(30(29)39)26(20-40-31)18-28(38)35-15-13-34(14-16-35)19-24-7-5-4-6-8-24/h4-12,17,20H,13-16,18-19H2,1-3H3. The molecular weight excluding hydrogens is 520 g/mol. The minimum absolute atomic E-state index is 0.0348. The van der Waals surface area contributed by atoms with Crippen molar-refractivity contribution in [1.29, 1.82) is 0 Å². The van der Waals surface area contributed by atoms with Gasteiger partial charge in [-0.3, -0.25) is 18.9 Å². The monoisotopic (exact) mass is 552 g/mol. The second kappa shape index (κ2) is 10.8. The first-order valence-electron chi connectivity index (χ1n) is 13.6. The Kier molecular flexibility index (Phi) is 7.08. The average molecular weight is 553 g/mol. The highest BCUT2D eigenvalue weighted by Gasteiger charge is 2.24. The highest BCUT2D eigenvalue weighted by Crippen LogP contribution is 2.24. The largest absolute Gasteiger partial charge is 0.340 e. The lowest BCUT2D eigenvalue weighted by molar-refractivity contribution is -0.132. The zero-order chi connectivity index (χ0) is 27.8. The van der Waals surface area contributed by atoms with Gasteiger partial charge in [-0.1, -0.05) is 48.0 Å². The molecule has 4 heterocycles. The van der Waals surface area contributed by atoms with E-state index in [1.807, 2.05) is 72.1 Å². The molecule has 1 fully saturated rings. The minimum atomic E-state index is -0.187. The normalized spacial score (nSPS) is 14.2. The van der Waals surface area contributed by atoms with Crippen LogP contribution >= 0.6 is 11.3 Å². The summed E-state index contributed by atoms with van der Waals surface area (Å²) >= 11 is 1.39. The molecule has 204 valence electrons. The SMILES string of the molecule is Cc1ccc(-n2nc(-c3c(C)nc4scc(CC(=O)N5CCN(Cc6ccccc6)CC5)n4c3=O)cc2C)cc1. The second-order valence-electron chi connectivity index (χ2n) is 10.5. The number of piperazine rings is 1. The Morgan fingerprint density at radius 2 is 1.68 bits per heavy atom. The smallest absolute Gasteiger partial charge is 0.268 e. The molecule has 0 unspecified atom stereocenters. The predicted octanol–water partition coefficient (Wildman–Crippen LogP) is 4.42. The summed E-state index contributed by atoms with van der Waals surface area (Å²) in [6.07, 6.45) is 0.166. The lowest BCUT2D eigenvalue weighted by Crippen LogP contribution is -2.48. The van der Waals surface area contributed by atoms with Crippen LogP contribution in [0.3, 0.4) is 0 Å². The Labute approximate surface area is 237 Å². The van der Waals surface area contributed by atoms with E-state index in [2.05, 4.69) is 29.2 Å². The highest BCUT2D eigenvalue weighted by atomic mass is 32.1. The summed E-state index contributed by atoms with van der Waals surface area (Å²) < 4.78 is 3.44. The van der Waals surface area contributed by atoms with Crippen molar-refractivity contribution in [2.75, 3.05) is 26.2 Å². The van der Waals surface area contributed by atoms with Crippen LogP contribution in [0, 0.1) is 20.8 Å². The van der Waals surface area contributed by atoms with Crippen molar-refractivity contribution >= 4 is 22.2 Å². The Morgan fingerprint density at radius 3 is 2.40 bits per heavy atom. The maximum absolute atomic E-state index is 13.9. The number of aryl methyl sites for hydroxylation is 3. The fraction of sp³-hybridized carbons (Fsp3) is 0.290. The number of hydrogen-bond acceptors (Lipinski definition) is 6. The van der Waals surface area contributed by atoms with Gasteiger partial charge in [-0.25, -0.2) is 9.67 Å².